The zero-order valence-electron chi connectivity index (χ0n) is 14.1. The van der Waals surface area contributed by atoms with Crippen LogP contribution in [-0.4, -0.2) is 38.1 Å². The number of benzene rings is 1. The average molecular weight is 358 g/mol. The van der Waals surface area contributed by atoms with E-state index in [-0.39, 0.29) is 11.5 Å². The van der Waals surface area contributed by atoms with Gasteiger partial charge in [-0.3, -0.25) is 9.59 Å². The van der Waals surface area contributed by atoms with Crippen molar-refractivity contribution in [1.29, 1.82) is 0 Å². The van der Waals surface area contributed by atoms with Crippen LogP contribution in [0.15, 0.2) is 40.4 Å². The number of H-pyrrole nitrogens is 1. The maximum Gasteiger partial charge on any atom is 0.319 e. The van der Waals surface area contributed by atoms with Crippen molar-refractivity contribution in [2.45, 2.75) is 30.7 Å². The third kappa shape index (κ3) is 3.43. The fraction of sp³-hybridized carbons (Fsp3) is 0.294. The highest BCUT2D eigenvalue weighted by Gasteiger charge is 2.21. The Hall–Kier alpha value is -2.61. The van der Waals surface area contributed by atoms with Gasteiger partial charge in [-0.05, 0) is 25.5 Å². The maximum absolute atomic E-state index is 12.3. The van der Waals surface area contributed by atoms with E-state index in [0.29, 0.717) is 22.6 Å². The Kier molecular flexibility index (Phi) is 4.89. The van der Waals surface area contributed by atoms with Crippen LogP contribution >= 0.6 is 11.8 Å². The molecule has 0 aliphatic rings. The van der Waals surface area contributed by atoms with Crippen molar-refractivity contribution in [2.75, 3.05) is 7.11 Å². The Morgan fingerprint density at radius 3 is 2.72 bits per heavy atom. The number of hydrogen-bond donors (Lipinski definition) is 1. The molecule has 7 nitrogen and oxygen atoms in total. The lowest BCUT2D eigenvalue weighted by atomic mass is 10.2. The molecule has 2 aromatic heterocycles. The minimum atomic E-state index is -0.429. The van der Waals surface area contributed by atoms with Crippen LogP contribution < -0.4 is 5.56 Å². The summed E-state index contributed by atoms with van der Waals surface area (Å²) in [7, 11) is 1.34. The third-order valence-electron chi connectivity index (χ3n) is 3.78. The lowest BCUT2D eigenvalue weighted by molar-refractivity contribution is -0.140. The number of thioether (sulfide) groups is 1. The molecule has 0 aliphatic carbocycles. The minimum Gasteiger partial charge on any atom is -0.468 e. The van der Waals surface area contributed by atoms with Gasteiger partial charge in [0.05, 0.1) is 19.0 Å². The highest BCUT2D eigenvalue weighted by molar-refractivity contribution is 8.00. The molecule has 2 heterocycles. The molecular formula is C17H18N4O3S. The van der Waals surface area contributed by atoms with Gasteiger partial charge < -0.3 is 9.72 Å². The Labute approximate surface area is 148 Å². The van der Waals surface area contributed by atoms with Crippen molar-refractivity contribution < 1.29 is 9.53 Å². The van der Waals surface area contributed by atoms with Crippen molar-refractivity contribution >= 4 is 28.8 Å². The van der Waals surface area contributed by atoms with Gasteiger partial charge in [-0.25, -0.2) is 9.67 Å². The number of carbonyl (C=O) groups is 1. The summed E-state index contributed by atoms with van der Waals surface area (Å²) in [6.07, 6.45) is 2.06. The van der Waals surface area contributed by atoms with Crippen LogP contribution in [0.3, 0.4) is 0 Å². The van der Waals surface area contributed by atoms with Crippen molar-refractivity contribution in [3.05, 3.63) is 46.4 Å². The van der Waals surface area contributed by atoms with Gasteiger partial charge in [-0.15, -0.1) is 0 Å². The molecule has 25 heavy (non-hydrogen) atoms. The van der Waals surface area contributed by atoms with Gasteiger partial charge in [-0.1, -0.05) is 36.4 Å². The van der Waals surface area contributed by atoms with Gasteiger partial charge in [-0.2, -0.15) is 5.10 Å². The minimum absolute atomic E-state index is 0.286. The Bertz CT molecular complexity index is 962. The van der Waals surface area contributed by atoms with Gasteiger partial charge in [0.2, 0.25) is 0 Å². The number of nitrogens with one attached hydrogen (secondary N) is 1. The zero-order valence-corrected chi connectivity index (χ0v) is 15.0. The molecule has 0 saturated heterocycles. The molecule has 1 N–H and O–H groups in total. The highest BCUT2D eigenvalue weighted by Crippen LogP contribution is 2.24. The fourth-order valence-corrected chi connectivity index (χ4v) is 3.31. The van der Waals surface area contributed by atoms with Crippen molar-refractivity contribution in [2.24, 2.45) is 0 Å². The van der Waals surface area contributed by atoms with Crippen LogP contribution in [-0.2, 0) is 9.53 Å². The molecular weight excluding hydrogens is 340 g/mol. The summed E-state index contributed by atoms with van der Waals surface area (Å²) < 4.78 is 6.40. The number of aromatic nitrogens is 4. The van der Waals surface area contributed by atoms with Crippen LogP contribution in [0.1, 0.15) is 18.9 Å². The first-order chi connectivity index (χ1) is 12.0. The molecule has 1 atom stereocenters. The van der Waals surface area contributed by atoms with Gasteiger partial charge in [0.15, 0.2) is 10.8 Å². The number of esters is 1. The van der Waals surface area contributed by atoms with Gasteiger partial charge in [0.25, 0.3) is 5.56 Å². The lowest BCUT2D eigenvalue weighted by Gasteiger charge is -2.11. The van der Waals surface area contributed by atoms with Crippen molar-refractivity contribution in [1.82, 2.24) is 19.7 Å². The highest BCUT2D eigenvalue weighted by atomic mass is 32.2. The molecule has 0 spiro atoms. The predicted molar refractivity (Wildman–Crippen MR) is 96.2 cm³/mol. The predicted octanol–water partition coefficient (Wildman–Crippen LogP) is 2.46. The monoisotopic (exact) mass is 358 g/mol. The number of rotatable bonds is 5. The molecule has 1 aromatic carbocycles. The summed E-state index contributed by atoms with van der Waals surface area (Å²) in [5, 5.41) is 4.62. The number of ether oxygens (including phenoxy) is 1. The molecule has 0 aliphatic heterocycles. The Morgan fingerprint density at radius 2 is 2.08 bits per heavy atom. The van der Waals surface area contributed by atoms with Crippen LogP contribution in [0.4, 0.5) is 0 Å². The smallest absolute Gasteiger partial charge is 0.319 e. The van der Waals surface area contributed by atoms with Gasteiger partial charge in [0, 0.05) is 0 Å². The molecule has 3 rings (SSSR count). The van der Waals surface area contributed by atoms with Crippen molar-refractivity contribution in [3.8, 4) is 5.69 Å². The van der Waals surface area contributed by atoms with E-state index in [0.717, 1.165) is 11.3 Å². The topological polar surface area (TPSA) is 89.9 Å². The quantitative estimate of drug-likeness (QED) is 0.428. The van der Waals surface area contributed by atoms with Gasteiger partial charge >= 0.3 is 5.97 Å². The number of hydrogen-bond acceptors (Lipinski definition) is 6. The summed E-state index contributed by atoms with van der Waals surface area (Å²) >= 11 is 1.18. The number of aryl methyl sites for hydroxylation is 1. The van der Waals surface area contributed by atoms with Gasteiger partial charge in [0.1, 0.15) is 10.6 Å². The Balaban J connectivity index is 2.05. The Morgan fingerprint density at radius 1 is 1.36 bits per heavy atom. The molecule has 3 aromatic rings. The number of aromatic amines is 1. The first kappa shape index (κ1) is 17.2. The fourth-order valence-electron chi connectivity index (χ4n) is 2.39. The van der Waals surface area contributed by atoms with Crippen LogP contribution in [0.2, 0.25) is 0 Å². The van der Waals surface area contributed by atoms with E-state index in [1.165, 1.54) is 25.1 Å². The summed E-state index contributed by atoms with van der Waals surface area (Å²) in [5.41, 5.74) is 2.11. The first-order valence-electron chi connectivity index (χ1n) is 7.83. The zero-order chi connectivity index (χ0) is 18.0. The van der Waals surface area contributed by atoms with Crippen molar-refractivity contribution in [3.63, 3.8) is 0 Å². The second-order valence-corrected chi connectivity index (χ2v) is 6.73. The van der Waals surface area contributed by atoms with Crippen LogP contribution in [0.5, 0.6) is 0 Å². The normalized spacial score (nSPS) is 12.3. The average Bonchev–Trinajstić information content (AvgIpc) is 3.04. The van der Waals surface area contributed by atoms with Crippen LogP contribution in [0.25, 0.3) is 16.7 Å². The maximum atomic E-state index is 12.3. The lowest BCUT2D eigenvalue weighted by Crippen LogP contribution is -2.19. The summed E-state index contributed by atoms with van der Waals surface area (Å²) in [4.78, 5) is 31.3. The van der Waals surface area contributed by atoms with E-state index in [2.05, 4.69) is 15.1 Å². The molecule has 0 radical (unpaired) electrons. The number of methoxy groups -OCH3 is 1. The first-order valence-corrected chi connectivity index (χ1v) is 8.71. The summed E-state index contributed by atoms with van der Waals surface area (Å²) in [5.74, 6) is -0.345. The third-order valence-corrected chi connectivity index (χ3v) is 5.01. The molecule has 130 valence electrons. The molecule has 8 heteroatoms. The van der Waals surface area contributed by atoms with E-state index in [1.807, 2.05) is 38.1 Å². The van der Waals surface area contributed by atoms with Crippen LogP contribution in [0, 0.1) is 6.92 Å². The number of carbonyl (C=O) groups excluding carboxylic acids is 1. The van der Waals surface area contributed by atoms with E-state index in [4.69, 9.17) is 4.74 Å². The molecule has 0 bridgehead atoms. The SMILES string of the molecule is CC[C@H](Sc1nc2c(cnn2-c2ccc(C)cc2)c(=O)[nH]1)C(=O)OC. The van der Waals surface area contributed by atoms with E-state index >= 15 is 0 Å². The second-order valence-electron chi connectivity index (χ2n) is 5.54. The van der Waals surface area contributed by atoms with E-state index < -0.39 is 5.25 Å². The number of nitrogens with zero attached hydrogens (tertiary/aromatic N) is 3. The molecule has 0 unspecified atom stereocenters. The summed E-state index contributed by atoms with van der Waals surface area (Å²) in [6.45, 7) is 3.88. The number of fused-ring (bicyclic) bond motifs is 1. The molecule has 0 fully saturated rings. The van der Waals surface area contributed by atoms with E-state index in [1.54, 1.807) is 4.68 Å². The second kappa shape index (κ2) is 7.10. The largest absolute Gasteiger partial charge is 0.468 e. The molecule has 0 saturated carbocycles. The summed E-state index contributed by atoms with van der Waals surface area (Å²) in [6, 6.07) is 7.77. The molecule has 0 amide bonds. The standard InChI is InChI=1S/C17H18N4O3S/c1-4-13(16(23)24-3)25-17-19-14-12(15(22)20-17)9-18-21(14)11-7-5-10(2)6-8-11/h5-9,13H,4H2,1-3H3,(H,19,20,22)/t13-/m0/s1. The van der Waals surface area contributed by atoms with E-state index in [9.17, 15) is 9.59 Å².